The molecule has 0 saturated carbocycles. The van der Waals surface area contributed by atoms with Gasteiger partial charge in [-0.25, -0.2) is 0 Å². The van der Waals surface area contributed by atoms with E-state index in [2.05, 4.69) is 24.3 Å². The minimum Gasteiger partial charge on any atom is -0.343 e. The Balaban J connectivity index is 2.13. The number of nitrogens with zero attached hydrogens (tertiary/aromatic N) is 2. The fourth-order valence-electron chi connectivity index (χ4n) is 3.19. The van der Waals surface area contributed by atoms with E-state index in [1.165, 1.54) is 0 Å². The maximum atomic E-state index is 12.8. The molecule has 0 aliphatic heterocycles. The second-order valence-corrected chi connectivity index (χ2v) is 6.22. The first-order valence-electron chi connectivity index (χ1n) is 8.89. The zero-order valence-corrected chi connectivity index (χ0v) is 15.1. The van der Waals surface area contributed by atoms with E-state index in [0.717, 1.165) is 40.8 Å². The number of aromatic nitrogens is 1. The van der Waals surface area contributed by atoms with E-state index in [4.69, 9.17) is 4.98 Å². The minimum atomic E-state index is -0.257. The van der Waals surface area contributed by atoms with Crippen molar-refractivity contribution in [2.45, 2.75) is 26.7 Å². The van der Waals surface area contributed by atoms with E-state index in [0.29, 0.717) is 0 Å². The van der Waals surface area contributed by atoms with Crippen molar-refractivity contribution >= 4 is 16.7 Å². The van der Waals surface area contributed by atoms with Gasteiger partial charge in [0.05, 0.1) is 17.3 Å². The van der Waals surface area contributed by atoms with Crippen LogP contribution in [0.4, 0.5) is 0 Å². The van der Waals surface area contributed by atoms with Crippen LogP contribution in [-0.4, -0.2) is 28.9 Å². The Kier molecular flexibility index (Phi) is 5.13. The SMILES string of the molecule is CCN(CC)C(=O)C(C)c1cc2ccccc2c(-c2ccccc2)n1. The lowest BCUT2D eigenvalue weighted by Gasteiger charge is -2.23. The molecule has 0 fully saturated rings. The van der Waals surface area contributed by atoms with E-state index in [9.17, 15) is 4.79 Å². The van der Waals surface area contributed by atoms with Crippen LogP contribution in [0.1, 0.15) is 32.4 Å². The van der Waals surface area contributed by atoms with Crippen molar-refractivity contribution in [3.8, 4) is 11.3 Å². The van der Waals surface area contributed by atoms with Crippen molar-refractivity contribution in [2.24, 2.45) is 0 Å². The van der Waals surface area contributed by atoms with Crippen molar-refractivity contribution in [1.29, 1.82) is 0 Å². The number of likely N-dealkylation sites (N-methyl/N-ethyl adjacent to an activating group) is 1. The van der Waals surface area contributed by atoms with Crippen LogP contribution in [-0.2, 0) is 4.79 Å². The van der Waals surface area contributed by atoms with E-state index in [-0.39, 0.29) is 11.8 Å². The molecule has 1 heterocycles. The first-order chi connectivity index (χ1) is 12.2. The normalized spacial score (nSPS) is 12.1. The highest BCUT2D eigenvalue weighted by Gasteiger charge is 2.22. The molecule has 0 radical (unpaired) electrons. The van der Waals surface area contributed by atoms with Crippen molar-refractivity contribution in [3.05, 3.63) is 66.4 Å². The van der Waals surface area contributed by atoms with Gasteiger partial charge in [-0.1, -0.05) is 54.6 Å². The van der Waals surface area contributed by atoms with Gasteiger partial charge >= 0.3 is 0 Å². The molecular weight excluding hydrogens is 308 g/mol. The highest BCUT2D eigenvalue weighted by atomic mass is 16.2. The standard InChI is InChI=1S/C22H24N2O/c1-4-24(5-2)22(25)16(3)20-15-18-13-9-10-14-19(18)21(23-20)17-11-7-6-8-12-17/h6-16H,4-5H2,1-3H3. The summed E-state index contributed by atoms with van der Waals surface area (Å²) in [5.74, 6) is -0.126. The molecular formula is C22H24N2O. The monoisotopic (exact) mass is 332 g/mol. The van der Waals surface area contributed by atoms with Crippen LogP contribution in [0, 0.1) is 0 Å². The molecule has 3 rings (SSSR count). The molecule has 25 heavy (non-hydrogen) atoms. The number of rotatable bonds is 5. The molecule has 0 bridgehead atoms. The summed E-state index contributed by atoms with van der Waals surface area (Å²) in [5.41, 5.74) is 2.84. The summed E-state index contributed by atoms with van der Waals surface area (Å²) in [5, 5.41) is 2.23. The lowest BCUT2D eigenvalue weighted by Crippen LogP contribution is -2.34. The quantitative estimate of drug-likeness (QED) is 0.667. The molecule has 1 amide bonds. The summed E-state index contributed by atoms with van der Waals surface area (Å²) in [7, 11) is 0. The number of hydrogen-bond donors (Lipinski definition) is 0. The Morgan fingerprint density at radius 3 is 2.32 bits per heavy atom. The Morgan fingerprint density at radius 1 is 1.00 bits per heavy atom. The van der Waals surface area contributed by atoms with Crippen LogP contribution >= 0.6 is 0 Å². The lowest BCUT2D eigenvalue weighted by molar-refractivity contribution is -0.132. The van der Waals surface area contributed by atoms with Gasteiger partial charge in [0.1, 0.15) is 0 Å². The molecule has 0 saturated heterocycles. The fraction of sp³-hybridized carbons (Fsp3) is 0.273. The third-order valence-electron chi connectivity index (χ3n) is 4.70. The van der Waals surface area contributed by atoms with Crippen LogP contribution in [0.2, 0.25) is 0 Å². The van der Waals surface area contributed by atoms with Crippen LogP contribution in [0.5, 0.6) is 0 Å². The van der Waals surface area contributed by atoms with Gasteiger partial charge in [-0.05, 0) is 32.2 Å². The molecule has 0 spiro atoms. The molecule has 0 N–H and O–H groups in total. The number of amides is 1. The Hall–Kier alpha value is -2.68. The van der Waals surface area contributed by atoms with Gasteiger partial charge in [0.2, 0.25) is 5.91 Å². The number of carbonyl (C=O) groups excluding carboxylic acids is 1. The van der Waals surface area contributed by atoms with Gasteiger partial charge in [-0.15, -0.1) is 0 Å². The molecule has 3 heteroatoms. The van der Waals surface area contributed by atoms with E-state index in [1.807, 2.05) is 62.1 Å². The molecule has 2 aromatic carbocycles. The van der Waals surface area contributed by atoms with Gasteiger partial charge in [-0.3, -0.25) is 9.78 Å². The minimum absolute atomic E-state index is 0.131. The van der Waals surface area contributed by atoms with Gasteiger partial charge < -0.3 is 4.90 Å². The molecule has 0 aliphatic carbocycles. The third-order valence-corrected chi connectivity index (χ3v) is 4.70. The van der Waals surface area contributed by atoms with Crippen LogP contribution < -0.4 is 0 Å². The summed E-state index contributed by atoms with van der Waals surface area (Å²) < 4.78 is 0. The molecule has 128 valence electrons. The van der Waals surface area contributed by atoms with Crippen molar-refractivity contribution in [3.63, 3.8) is 0 Å². The zero-order chi connectivity index (χ0) is 17.8. The zero-order valence-electron chi connectivity index (χ0n) is 15.1. The molecule has 3 aromatic rings. The van der Waals surface area contributed by atoms with Gasteiger partial charge in [0.15, 0.2) is 0 Å². The summed E-state index contributed by atoms with van der Waals surface area (Å²) in [4.78, 5) is 19.5. The Morgan fingerprint density at radius 2 is 1.64 bits per heavy atom. The van der Waals surface area contributed by atoms with Gasteiger partial charge in [0.25, 0.3) is 0 Å². The van der Waals surface area contributed by atoms with Gasteiger partial charge in [0, 0.05) is 24.0 Å². The predicted molar refractivity (Wildman–Crippen MR) is 104 cm³/mol. The second-order valence-electron chi connectivity index (χ2n) is 6.22. The Bertz CT molecular complexity index is 870. The summed E-state index contributed by atoms with van der Waals surface area (Å²) in [6, 6.07) is 20.4. The molecule has 1 unspecified atom stereocenters. The highest BCUT2D eigenvalue weighted by molar-refractivity contribution is 5.95. The first kappa shape index (κ1) is 17.2. The van der Waals surface area contributed by atoms with Gasteiger partial charge in [-0.2, -0.15) is 0 Å². The number of hydrogen-bond acceptors (Lipinski definition) is 2. The van der Waals surface area contributed by atoms with E-state index in [1.54, 1.807) is 0 Å². The highest BCUT2D eigenvalue weighted by Crippen LogP contribution is 2.30. The maximum absolute atomic E-state index is 12.8. The summed E-state index contributed by atoms with van der Waals surface area (Å²) in [6.45, 7) is 7.42. The van der Waals surface area contributed by atoms with Crippen LogP contribution in [0.25, 0.3) is 22.0 Å². The third kappa shape index (κ3) is 3.41. The number of fused-ring (bicyclic) bond motifs is 1. The topological polar surface area (TPSA) is 33.2 Å². The first-order valence-corrected chi connectivity index (χ1v) is 8.89. The second kappa shape index (κ2) is 7.47. The van der Waals surface area contributed by atoms with Crippen LogP contribution in [0.3, 0.4) is 0 Å². The lowest BCUT2D eigenvalue weighted by atomic mass is 9.98. The number of carbonyl (C=O) groups is 1. The van der Waals surface area contributed by atoms with Crippen molar-refractivity contribution in [1.82, 2.24) is 9.88 Å². The van der Waals surface area contributed by atoms with Crippen molar-refractivity contribution in [2.75, 3.05) is 13.1 Å². The summed E-state index contributed by atoms with van der Waals surface area (Å²) in [6.07, 6.45) is 0. The van der Waals surface area contributed by atoms with Crippen LogP contribution in [0.15, 0.2) is 60.7 Å². The largest absolute Gasteiger partial charge is 0.343 e. The average Bonchev–Trinajstić information content (AvgIpc) is 2.68. The number of benzene rings is 2. The van der Waals surface area contributed by atoms with Crippen molar-refractivity contribution < 1.29 is 4.79 Å². The molecule has 1 atom stereocenters. The summed E-state index contributed by atoms with van der Waals surface area (Å²) >= 11 is 0. The predicted octanol–water partition coefficient (Wildman–Crippen LogP) is 4.87. The molecule has 3 nitrogen and oxygen atoms in total. The molecule has 0 aliphatic rings. The number of pyridine rings is 1. The average molecular weight is 332 g/mol. The van der Waals surface area contributed by atoms with E-state index < -0.39 is 0 Å². The van der Waals surface area contributed by atoms with E-state index >= 15 is 0 Å². The fourth-order valence-corrected chi connectivity index (χ4v) is 3.19. The molecule has 1 aromatic heterocycles. The Labute approximate surface area is 149 Å². The smallest absolute Gasteiger partial charge is 0.231 e. The maximum Gasteiger partial charge on any atom is 0.231 e.